The van der Waals surface area contributed by atoms with Crippen molar-refractivity contribution in [2.75, 3.05) is 45.2 Å². The fourth-order valence-corrected chi connectivity index (χ4v) is 4.41. The van der Waals surface area contributed by atoms with Gasteiger partial charge in [-0.25, -0.2) is 4.98 Å². The second-order valence-electron chi connectivity index (χ2n) is 7.78. The molecule has 0 saturated carbocycles. The SMILES string of the molecule is COc1cc(CN(C)C)ccc1Nc1ncc(Cl)c(Nc2ccccc2P(C)(C)=O)n1.[3H-]. The highest BCUT2D eigenvalue weighted by molar-refractivity contribution is 7.70. The number of benzene rings is 2. The molecule has 7 nitrogen and oxygen atoms in total. The minimum Gasteiger partial charge on any atom is -1.00 e. The van der Waals surface area contributed by atoms with Crippen molar-refractivity contribution in [3.63, 3.8) is 0 Å². The van der Waals surface area contributed by atoms with E-state index in [2.05, 4.69) is 25.5 Å². The van der Waals surface area contributed by atoms with Gasteiger partial charge < -0.3 is 26.3 Å². The lowest BCUT2D eigenvalue weighted by molar-refractivity contribution is 0.396. The summed E-state index contributed by atoms with van der Waals surface area (Å²) in [6, 6.07) is 13.4. The first-order valence-corrected chi connectivity index (χ1v) is 12.7. The Morgan fingerprint density at radius 2 is 1.87 bits per heavy atom. The van der Waals surface area contributed by atoms with Crippen LogP contribution in [0.15, 0.2) is 48.7 Å². The fourth-order valence-electron chi connectivity index (χ4n) is 3.11. The Morgan fingerprint density at radius 1 is 1.13 bits per heavy atom. The first kappa shape index (κ1) is 23.1. The van der Waals surface area contributed by atoms with Crippen molar-refractivity contribution < 1.29 is 10.7 Å². The molecule has 3 aromatic rings. The molecule has 31 heavy (non-hydrogen) atoms. The van der Waals surface area contributed by atoms with Crippen LogP contribution in [0.25, 0.3) is 0 Å². The minimum atomic E-state index is -2.48. The van der Waals surface area contributed by atoms with Gasteiger partial charge in [-0.05, 0) is 57.3 Å². The van der Waals surface area contributed by atoms with Crippen molar-refractivity contribution >= 4 is 47.2 Å². The summed E-state index contributed by atoms with van der Waals surface area (Å²) in [5.41, 5.74) is 2.57. The summed E-state index contributed by atoms with van der Waals surface area (Å²) >= 11 is 6.33. The van der Waals surface area contributed by atoms with Gasteiger partial charge in [0, 0.05) is 11.8 Å². The van der Waals surface area contributed by atoms with E-state index in [0.29, 0.717) is 28.2 Å². The van der Waals surface area contributed by atoms with Gasteiger partial charge in [0.05, 0.1) is 24.7 Å². The molecular weight excluding hydrogens is 433 g/mol. The lowest BCUT2D eigenvalue weighted by atomic mass is 10.2. The zero-order valence-electron chi connectivity index (χ0n) is 19.3. The third-order valence-electron chi connectivity index (χ3n) is 4.49. The molecule has 0 aliphatic rings. The van der Waals surface area contributed by atoms with Crippen molar-refractivity contribution in [3.05, 3.63) is 59.2 Å². The Labute approximate surface area is 189 Å². The quantitative estimate of drug-likeness (QED) is 0.453. The van der Waals surface area contributed by atoms with Crippen LogP contribution in [0.1, 0.15) is 6.99 Å². The number of hydrogen-bond acceptors (Lipinski definition) is 7. The molecule has 2 aromatic carbocycles. The number of halogens is 1. The molecule has 0 fully saturated rings. The number of para-hydroxylation sites is 1. The van der Waals surface area contributed by atoms with E-state index < -0.39 is 7.14 Å². The van der Waals surface area contributed by atoms with E-state index in [0.717, 1.165) is 23.1 Å². The summed E-state index contributed by atoms with van der Waals surface area (Å²) in [5, 5.41) is 7.48. The Bertz CT molecular complexity index is 1120. The number of nitrogens with zero attached hydrogens (tertiary/aromatic N) is 3. The molecule has 0 aliphatic carbocycles. The Balaban J connectivity index is 0.00000363. The van der Waals surface area contributed by atoms with E-state index in [1.807, 2.05) is 56.6 Å². The molecule has 3 rings (SSSR count). The maximum atomic E-state index is 12.7. The molecule has 0 amide bonds. The number of nitrogens with one attached hydrogen (secondary N) is 2. The van der Waals surface area contributed by atoms with Crippen LogP contribution < -0.4 is 20.7 Å². The van der Waals surface area contributed by atoms with Crippen molar-refractivity contribution in [3.8, 4) is 5.75 Å². The smallest absolute Gasteiger partial charge is 0.229 e. The second-order valence-corrected chi connectivity index (χ2v) is 11.4. The summed E-state index contributed by atoms with van der Waals surface area (Å²) < 4.78 is 18.2. The van der Waals surface area contributed by atoms with Gasteiger partial charge in [0.15, 0.2) is 5.82 Å². The molecule has 0 atom stereocenters. The third kappa shape index (κ3) is 5.97. The van der Waals surface area contributed by atoms with Crippen LogP contribution in [0, 0.1) is 0 Å². The molecule has 9 heteroatoms. The molecule has 0 spiro atoms. The topological polar surface area (TPSA) is 79.4 Å². The maximum Gasteiger partial charge on any atom is 0.229 e. The van der Waals surface area contributed by atoms with Gasteiger partial charge in [-0.15, -0.1) is 0 Å². The summed E-state index contributed by atoms with van der Waals surface area (Å²) in [4.78, 5) is 10.9. The zero-order valence-corrected chi connectivity index (χ0v) is 20.0. The summed E-state index contributed by atoms with van der Waals surface area (Å²) in [7, 11) is 3.17. The van der Waals surface area contributed by atoms with Gasteiger partial charge in [0.2, 0.25) is 5.95 Å². The van der Waals surface area contributed by atoms with Crippen LogP contribution in [0.4, 0.5) is 23.1 Å². The van der Waals surface area contributed by atoms with Crippen molar-refractivity contribution in [2.45, 2.75) is 6.54 Å². The first-order chi connectivity index (χ1) is 14.7. The number of hydrogen-bond donors (Lipinski definition) is 2. The van der Waals surface area contributed by atoms with Crippen molar-refractivity contribution in [2.24, 2.45) is 0 Å². The van der Waals surface area contributed by atoms with E-state index in [9.17, 15) is 4.57 Å². The average Bonchev–Trinajstić information content (AvgIpc) is 2.70. The minimum absolute atomic E-state index is 0. The van der Waals surface area contributed by atoms with Gasteiger partial charge in [0.25, 0.3) is 0 Å². The number of rotatable bonds is 8. The standard InChI is InChI=1S/C22H27ClN5O2P.H/c1-28(2)14-15-10-11-17(19(12-15)30-3)26-22-24-13-16(23)21(27-22)25-18-8-6-7-9-20(18)31(4,5)29;/h6-13H,14H2,1-5H3,(H2,24,25,26,27);/q;-1/i;1+2. The predicted molar refractivity (Wildman–Crippen MR) is 131 cm³/mol. The Kier molecular flexibility index (Phi) is 7.21. The monoisotopic (exact) mass is 462 g/mol. The molecular formula is C22H28ClN5O2P-. The second kappa shape index (κ2) is 9.69. The fraction of sp³-hybridized carbons (Fsp3) is 0.273. The number of methoxy groups -OCH3 is 1. The largest absolute Gasteiger partial charge is 1.00 e. The van der Waals surface area contributed by atoms with E-state index in [1.54, 1.807) is 20.4 Å². The summed E-state index contributed by atoms with van der Waals surface area (Å²) in [5.74, 6) is 1.47. The van der Waals surface area contributed by atoms with Crippen LogP contribution in [0.5, 0.6) is 5.75 Å². The highest BCUT2D eigenvalue weighted by Crippen LogP contribution is 2.38. The van der Waals surface area contributed by atoms with Crippen LogP contribution in [0.3, 0.4) is 0 Å². The van der Waals surface area contributed by atoms with Crippen molar-refractivity contribution in [1.82, 2.24) is 14.9 Å². The first-order valence-electron chi connectivity index (χ1n) is 9.70. The van der Waals surface area contributed by atoms with Crippen LogP contribution >= 0.6 is 18.7 Å². The molecule has 0 saturated heterocycles. The Hall–Kier alpha value is -2.60. The molecule has 0 aliphatic heterocycles. The van der Waals surface area contributed by atoms with Crippen LogP contribution in [-0.4, -0.2) is 49.4 Å². The van der Waals surface area contributed by atoms with Crippen LogP contribution in [-0.2, 0) is 11.1 Å². The lowest BCUT2D eigenvalue weighted by Gasteiger charge is -2.16. The lowest BCUT2D eigenvalue weighted by Crippen LogP contribution is -2.11. The zero-order chi connectivity index (χ0) is 22.6. The number of ether oxygens (including phenoxy) is 1. The van der Waals surface area contributed by atoms with Gasteiger partial charge >= 0.3 is 0 Å². The molecule has 166 valence electrons. The van der Waals surface area contributed by atoms with Crippen molar-refractivity contribution in [1.29, 1.82) is 0 Å². The molecule has 1 heterocycles. The molecule has 1 aromatic heterocycles. The summed E-state index contributed by atoms with van der Waals surface area (Å²) in [6.07, 6.45) is 1.52. The van der Waals surface area contributed by atoms with E-state index in [1.165, 1.54) is 6.20 Å². The normalized spacial score (nSPS) is 11.5. The maximum absolute atomic E-state index is 12.7. The number of anilines is 4. The van der Waals surface area contributed by atoms with Gasteiger partial charge in [-0.1, -0.05) is 29.8 Å². The van der Waals surface area contributed by atoms with Crippen LogP contribution in [0.2, 0.25) is 5.02 Å². The molecule has 0 unspecified atom stereocenters. The third-order valence-corrected chi connectivity index (χ3v) is 6.32. The molecule has 0 bridgehead atoms. The highest BCUT2D eigenvalue weighted by atomic mass is 35.5. The van der Waals surface area contributed by atoms with Gasteiger partial charge in [-0.2, -0.15) is 4.98 Å². The molecule has 2 N–H and O–H groups in total. The highest BCUT2D eigenvalue weighted by Gasteiger charge is 2.17. The van der Waals surface area contributed by atoms with Gasteiger partial charge in [-0.3, -0.25) is 0 Å². The Morgan fingerprint density at radius 3 is 2.55 bits per heavy atom. The summed E-state index contributed by atoms with van der Waals surface area (Å²) in [6.45, 7) is 4.27. The van der Waals surface area contributed by atoms with Gasteiger partial charge in [0.1, 0.15) is 17.9 Å². The van der Waals surface area contributed by atoms with E-state index >= 15 is 0 Å². The molecule has 0 radical (unpaired) electrons. The average molecular weight is 463 g/mol. The predicted octanol–water partition coefficient (Wildman–Crippen LogP) is 5.05. The van der Waals surface area contributed by atoms with E-state index in [4.69, 9.17) is 16.3 Å². The van der Waals surface area contributed by atoms with E-state index in [-0.39, 0.29) is 1.43 Å². The number of aromatic nitrogens is 2.